The molecule has 0 aromatic heterocycles. The quantitative estimate of drug-likeness (QED) is 0.454. The molecule has 0 heterocycles. The van der Waals surface area contributed by atoms with Gasteiger partial charge < -0.3 is 4.74 Å². The Morgan fingerprint density at radius 3 is 2.35 bits per heavy atom. The molecule has 90 valence electrons. The molecule has 0 N–H and O–H groups in total. The highest BCUT2D eigenvalue weighted by Gasteiger charge is 2.30. The van der Waals surface area contributed by atoms with Crippen molar-refractivity contribution in [2.24, 2.45) is 4.99 Å². The van der Waals surface area contributed by atoms with Crippen molar-refractivity contribution in [2.45, 2.75) is 13.1 Å². The topological polar surface area (TPSA) is 45.4 Å². The third-order valence-electron chi connectivity index (χ3n) is 1.89. The third kappa shape index (κ3) is 3.48. The average Bonchev–Trinajstić information content (AvgIpc) is 2.28. The van der Waals surface area contributed by atoms with E-state index < -0.39 is 11.7 Å². The van der Waals surface area contributed by atoms with Crippen LogP contribution in [0.2, 0.25) is 0 Å². The summed E-state index contributed by atoms with van der Waals surface area (Å²) in [6, 6.07) is 4.27. The number of hydrogen-bond donors (Lipinski definition) is 0. The predicted octanol–water partition coefficient (Wildman–Crippen LogP) is 2.97. The first kappa shape index (κ1) is 13.0. The maximum atomic E-state index is 12.3. The van der Waals surface area contributed by atoms with Crippen molar-refractivity contribution in [1.29, 1.82) is 5.26 Å². The van der Waals surface area contributed by atoms with Gasteiger partial charge >= 0.3 is 6.18 Å². The highest BCUT2D eigenvalue weighted by Crippen LogP contribution is 2.29. The van der Waals surface area contributed by atoms with Gasteiger partial charge in [0.15, 0.2) is 0 Å². The second-order valence-electron chi connectivity index (χ2n) is 3.03. The van der Waals surface area contributed by atoms with E-state index in [4.69, 9.17) is 10.00 Å². The molecule has 1 rings (SSSR count). The van der Waals surface area contributed by atoms with E-state index in [1.54, 1.807) is 6.92 Å². The lowest BCUT2D eigenvalue weighted by Gasteiger charge is -2.08. The van der Waals surface area contributed by atoms with E-state index in [2.05, 4.69) is 4.99 Å². The molecule has 0 unspecified atom stereocenters. The first-order valence-corrected chi connectivity index (χ1v) is 4.76. The van der Waals surface area contributed by atoms with Crippen molar-refractivity contribution >= 4 is 5.90 Å². The molecule has 1 aromatic carbocycles. The highest BCUT2D eigenvalue weighted by atomic mass is 19.4. The highest BCUT2D eigenvalue weighted by molar-refractivity contribution is 5.94. The number of aliphatic imine (C=N–C) groups is 1. The molecule has 0 bridgehead atoms. The molecule has 3 nitrogen and oxygen atoms in total. The SMILES string of the molecule is CCOC(=NC#N)c1ccc(C(F)(F)F)cc1. The smallest absolute Gasteiger partial charge is 0.416 e. The van der Waals surface area contributed by atoms with Gasteiger partial charge in [-0.25, -0.2) is 0 Å². The molecule has 0 aliphatic heterocycles. The first-order chi connectivity index (χ1) is 7.99. The maximum Gasteiger partial charge on any atom is 0.416 e. The molecule has 0 saturated heterocycles. The largest absolute Gasteiger partial charge is 0.477 e. The summed E-state index contributed by atoms with van der Waals surface area (Å²) in [5, 5.41) is 8.41. The minimum absolute atomic E-state index is 0.0173. The Balaban J connectivity index is 3.01. The minimum Gasteiger partial charge on any atom is -0.477 e. The fourth-order valence-electron chi connectivity index (χ4n) is 1.16. The van der Waals surface area contributed by atoms with Gasteiger partial charge in [-0.1, -0.05) is 0 Å². The monoisotopic (exact) mass is 242 g/mol. The second kappa shape index (κ2) is 5.34. The first-order valence-electron chi connectivity index (χ1n) is 4.76. The van der Waals surface area contributed by atoms with Crippen LogP contribution < -0.4 is 0 Å². The van der Waals surface area contributed by atoms with Gasteiger partial charge in [-0.05, 0) is 31.2 Å². The predicted molar refractivity (Wildman–Crippen MR) is 55.2 cm³/mol. The van der Waals surface area contributed by atoms with E-state index >= 15 is 0 Å². The molecule has 0 spiro atoms. The lowest BCUT2D eigenvalue weighted by atomic mass is 10.1. The number of nitrogens with zero attached hydrogens (tertiary/aromatic N) is 2. The number of rotatable bonds is 2. The van der Waals surface area contributed by atoms with Crippen LogP contribution in [0.3, 0.4) is 0 Å². The Kier molecular flexibility index (Phi) is 4.10. The number of hydrogen-bond acceptors (Lipinski definition) is 3. The van der Waals surface area contributed by atoms with E-state index in [-0.39, 0.29) is 12.5 Å². The molecule has 0 atom stereocenters. The zero-order chi connectivity index (χ0) is 12.9. The molecule has 0 saturated carbocycles. The molecular weight excluding hydrogens is 233 g/mol. The van der Waals surface area contributed by atoms with E-state index in [0.717, 1.165) is 12.1 Å². The van der Waals surface area contributed by atoms with Gasteiger partial charge in [0.25, 0.3) is 0 Å². The normalized spacial score (nSPS) is 12.1. The van der Waals surface area contributed by atoms with Crippen LogP contribution in [-0.4, -0.2) is 12.5 Å². The van der Waals surface area contributed by atoms with Crippen molar-refractivity contribution in [2.75, 3.05) is 6.61 Å². The Bertz CT molecular complexity index is 443. The summed E-state index contributed by atoms with van der Waals surface area (Å²) < 4.78 is 41.9. The van der Waals surface area contributed by atoms with Crippen LogP contribution in [0.25, 0.3) is 0 Å². The number of halogens is 3. The Labute approximate surface area is 96.2 Å². The van der Waals surface area contributed by atoms with E-state index in [9.17, 15) is 13.2 Å². The van der Waals surface area contributed by atoms with Crippen molar-refractivity contribution < 1.29 is 17.9 Å². The molecule has 1 aromatic rings. The van der Waals surface area contributed by atoms with Crippen molar-refractivity contribution in [3.63, 3.8) is 0 Å². The van der Waals surface area contributed by atoms with E-state index in [1.807, 2.05) is 0 Å². The van der Waals surface area contributed by atoms with Crippen LogP contribution in [-0.2, 0) is 10.9 Å². The van der Waals surface area contributed by atoms with Crippen LogP contribution >= 0.6 is 0 Å². The molecule has 0 aliphatic rings. The molecule has 0 amide bonds. The molecule has 0 fully saturated rings. The zero-order valence-corrected chi connectivity index (χ0v) is 8.95. The van der Waals surface area contributed by atoms with Crippen molar-refractivity contribution in [3.8, 4) is 6.19 Å². The molecule has 6 heteroatoms. The van der Waals surface area contributed by atoms with Crippen molar-refractivity contribution in [3.05, 3.63) is 35.4 Å². The lowest BCUT2D eigenvalue weighted by molar-refractivity contribution is -0.137. The van der Waals surface area contributed by atoms with E-state index in [0.29, 0.717) is 5.56 Å². The van der Waals surface area contributed by atoms with Gasteiger partial charge in [0.1, 0.15) is 0 Å². The molecular formula is C11H9F3N2O. The third-order valence-corrected chi connectivity index (χ3v) is 1.89. The van der Waals surface area contributed by atoms with Gasteiger partial charge in [0, 0.05) is 5.56 Å². The summed E-state index contributed by atoms with van der Waals surface area (Å²) in [5.74, 6) is 0.0173. The van der Waals surface area contributed by atoms with Gasteiger partial charge in [-0.15, -0.1) is 4.99 Å². The molecule has 0 aliphatic carbocycles. The summed E-state index contributed by atoms with van der Waals surface area (Å²) in [7, 11) is 0. The number of benzene rings is 1. The molecule has 0 radical (unpaired) electrons. The van der Waals surface area contributed by atoms with Gasteiger partial charge in [0.2, 0.25) is 12.1 Å². The van der Waals surface area contributed by atoms with Crippen LogP contribution in [0.4, 0.5) is 13.2 Å². The van der Waals surface area contributed by atoms with E-state index in [1.165, 1.54) is 18.3 Å². The molecule has 17 heavy (non-hydrogen) atoms. The van der Waals surface area contributed by atoms with Gasteiger partial charge in [-0.2, -0.15) is 18.4 Å². The van der Waals surface area contributed by atoms with Crippen molar-refractivity contribution in [1.82, 2.24) is 0 Å². The van der Waals surface area contributed by atoms with Gasteiger partial charge in [-0.3, -0.25) is 0 Å². The lowest BCUT2D eigenvalue weighted by Crippen LogP contribution is -2.08. The second-order valence-corrected chi connectivity index (χ2v) is 3.03. The summed E-state index contributed by atoms with van der Waals surface area (Å²) in [6.45, 7) is 1.97. The minimum atomic E-state index is -4.38. The van der Waals surface area contributed by atoms with Gasteiger partial charge in [0.05, 0.1) is 12.2 Å². The fourth-order valence-corrected chi connectivity index (χ4v) is 1.16. The summed E-state index contributed by atoms with van der Waals surface area (Å²) in [5.41, 5.74) is -0.421. The maximum absolute atomic E-state index is 12.3. The Hall–Kier alpha value is -2.03. The number of alkyl halides is 3. The zero-order valence-electron chi connectivity index (χ0n) is 8.95. The summed E-state index contributed by atoms with van der Waals surface area (Å²) >= 11 is 0. The standard InChI is InChI=1S/C11H9F3N2O/c1-2-17-10(16-7-15)8-3-5-9(6-4-8)11(12,13)14/h3-6H,2H2,1H3. The Morgan fingerprint density at radius 1 is 1.35 bits per heavy atom. The summed E-state index contributed by atoms with van der Waals surface area (Å²) in [4.78, 5) is 3.39. The number of ether oxygens (including phenoxy) is 1. The van der Waals surface area contributed by atoms with Crippen LogP contribution in [0.15, 0.2) is 29.3 Å². The fraction of sp³-hybridized carbons (Fsp3) is 0.273. The average molecular weight is 242 g/mol. The number of nitriles is 1. The Morgan fingerprint density at radius 2 is 1.94 bits per heavy atom. The van der Waals surface area contributed by atoms with Crippen LogP contribution in [0, 0.1) is 11.5 Å². The van der Waals surface area contributed by atoms with Crippen LogP contribution in [0.5, 0.6) is 0 Å². The van der Waals surface area contributed by atoms with Crippen LogP contribution in [0.1, 0.15) is 18.1 Å². The summed E-state index contributed by atoms with van der Waals surface area (Å²) in [6.07, 6.45) is -2.84.